The molecule has 8 heteroatoms. The minimum absolute atomic E-state index is 0.113. The van der Waals surface area contributed by atoms with Crippen molar-refractivity contribution in [3.8, 4) is 22.6 Å². The number of hydrogen-bond donors (Lipinski definition) is 2. The molecule has 0 spiro atoms. The summed E-state index contributed by atoms with van der Waals surface area (Å²) in [5.41, 5.74) is 0.193. The van der Waals surface area contributed by atoms with Gasteiger partial charge in [-0.15, -0.1) is 0 Å². The second-order valence-electron chi connectivity index (χ2n) is 6.61. The van der Waals surface area contributed by atoms with E-state index in [1.807, 2.05) is 6.92 Å². The van der Waals surface area contributed by atoms with E-state index >= 15 is 0 Å². The van der Waals surface area contributed by atoms with Crippen molar-refractivity contribution in [3.63, 3.8) is 0 Å². The van der Waals surface area contributed by atoms with Crippen LogP contribution in [0.25, 0.3) is 22.0 Å². The second kappa shape index (κ2) is 9.41. The van der Waals surface area contributed by atoms with Gasteiger partial charge in [0.15, 0.2) is 5.43 Å². The van der Waals surface area contributed by atoms with Crippen molar-refractivity contribution in [1.29, 1.82) is 0 Å². The zero-order valence-electron chi connectivity index (χ0n) is 16.4. The van der Waals surface area contributed by atoms with Gasteiger partial charge < -0.3 is 24.3 Å². The van der Waals surface area contributed by atoms with Crippen LogP contribution in [-0.4, -0.2) is 40.6 Å². The van der Waals surface area contributed by atoms with E-state index in [1.165, 1.54) is 16.8 Å². The van der Waals surface area contributed by atoms with Gasteiger partial charge in [0.2, 0.25) is 0 Å². The molecule has 0 aliphatic rings. The Kier molecular flexibility index (Phi) is 6.68. The van der Waals surface area contributed by atoms with Crippen molar-refractivity contribution in [2.45, 2.75) is 19.9 Å². The molecule has 0 aliphatic carbocycles. The summed E-state index contributed by atoms with van der Waals surface area (Å²) >= 11 is 0. The third-order valence-corrected chi connectivity index (χ3v) is 4.43. The zero-order chi connectivity index (χ0) is 21.7. The molecule has 0 atom stereocenters. The van der Waals surface area contributed by atoms with E-state index in [1.54, 1.807) is 24.3 Å². The molecular weight excluding hydrogens is 393 g/mol. The number of pyridine rings is 1. The molecule has 3 rings (SSSR count). The molecule has 2 aromatic carbocycles. The van der Waals surface area contributed by atoms with Gasteiger partial charge in [0.05, 0.1) is 24.1 Å². The predicted molar refractivity (Wildman–Crippen MR) is 110 cm³/mol. The monoisotopic (exact) mass is 415 g/mol. The molecule has 1 aromatic heterocycles. The van der Waals surface area contributed by atoms with E-state index in [2.05, 4.69) is 0 Å². The molecular formula is C22H22FNO6. The van der Waals surface area contributed by atoms with Gasteiger partial charge in [0.1, 0.15) is 30.5 Å². The zero-order valence-corrected chi connectivity index (χ0v) is 16.4. The van der Waals surface area contributed by atoms with Gasteiger partial charge in [-0.3, -0.25) is 9.59 Å². The summed E-state index contributed by atoms with van der Waals surface area (Å²) in [5.74, 6) is -1.13. The van der Waals surface area contributed by atoms with Crippen LogP contribution in [0.2, 0.25) is 0 Å². The number of nitrogens with zero attached hydrogens (tertiary/aromatic N) is 1. The predicted octanol–water partition coefficient (Wildman–Crippen LogP) is 3.05. The lowest BCUT2D eigenvalue weighted by molar-refractivity contribution is -0.137. The number of carboxylic acids is 1. The molecule has 0 bridgehead atoms. The lowest BCUT2D eigenvalue weighted by Crippen LogP contribution is -2.18. The molecule has 0 aliphatic heterocycles. The highest BCUT2D eigenvalue weighted by Gasteiger charge is 2.19. The Bertz CT molecular complexity index is 1110. The largest absolute Gasteiger partial charge is 0.491 e. The third-order valence-electron chi connectivity index (χ3n) is 4.43. The second-order valence-corrected chi connectivity index (χ2v) is 6.61. The van der Waals surface area contributed by atoms with Crippen molar-refractivity contribution in [2.75, 3.05) is 19.8 Å². The van der Waals surface area contributed by atoms with Gasteiger partial charge in [-0.2, -0.15) is 0 Å². The average Bonchev–Trinajstić information content (AvgIpc) is 2.73. The quantitative estimate of drug-likeness (QED) is 0.558. The molecule has 158 valence electrons. The van der Waals surface area contributed by atoms with Crippen LogP contribution in [0.3, 0.4) is 0 Å². The van der Waals surface area contributed by atoms with Crippen LogP contribution >= 0.6 is 0 Å². The lowest BCUT2D eigenvalue weighted by Gasteiger charge is -2.16. The molecule has 0 fully saturated rings. The number of aliphatic carboxylic acids is 1. The first-order valence-electron chi connectivity index (χ1n) is 9.50. The first-order valence-corrected chi connectivity index (χ1v) is 9.50. The lowest BCUT2D eigenvalue weighted by atomic mass is 10.0. The highest BCUT2D eigenvalue weighted by atomic mass is 19.1. The average molecular weight is 415 g/mol. The third kappa shape index (κ3) is 4.44. The highest BCUT2D eigenvalue weighted by Crippen LogP contribution is 2.29. The van der Waals surface area contributed by atoms with Crippen molar-refractivity contribution in [1.82, 2.24) is 4.57 Å². The van der Waals surface area contributed by atoms with Crippen molar-refractivity contribution in [3.05, 3.63) is 58.6 Å². The maximum atomic E-state index is 14.7. The van der Waals surface area contributed by atoms with Gasteiger partial charge in [-0.25, -0.2) is 4.39 Å². The SMILES string of the molecule is CCCOc1ccc(F)c2c(=O)c(-c3ccc(OCCO)cc3)cn(CC(=O)O)c12. The first kappa shape index (κ1) is 21.3. The number of aliphatic hydroxyl groups excluding tert-OH is 1. The van der Waals surface area contributed by atoms with Gasteiger partial charge in [-0.1, -0.05) is 19.1 Å². The number of carbonyl (C=O) groups is 1. The highest BCUT2D eigenvalue weighted by molar-refractivity contribution is 5.90. The van der Waals surface area contributed by atoms with E-state index in [-0.39, 0.29) is 35.4 Å². The van der Waals surface area contributed by atoms with Crippen LogP contribution in [0.4, 0.5) is 4.39 Å². The summed E-state index contributed by atoms with van der Waals surface area (Å²) in [5, 5.41) is 18.0. The van der Waals surface area contributed by atoms with Crippen LogP contribution in [-0.2, 0) is 11.3 Å². The summed E-state index contributed by atoms with van der Waals surface area (Å²) in [4.78, 5) is 24.6. The number of carboxylic acid groups (broad SMARTS) is 1. The molecule has 2 N–H and O–H groups in total. The van der Waals surface area contributed by atoms with E-state index in [0.717, 1.165) is 6.07 Å². The summed E-state index contributed by atoms with van der Waals surface area (Å²) in [6.07, 6.45) is 2.10. The molecule has 0 saturated heterocycles. The van der Waals surface area contributed by atoms with Crippen LogP contribution in [0.5, 0.6) is 11.5 Å². The minimum atomic E-state index is -1.13. The number of halogens is 1. The van der Waals surface area contributed by atoms with Gasteiger partial charge in [0, 0.05) is 11.8 Å². The van der Waals surface area contributed by atoms with Crippen LogP contribution in [0.15, 0.2) is 47.4 Å². The summed E-state index contributed by atoms with van der Waals surface area (Å²) in [6, 6.07) is 9.03. The van der Waals surface area contributed by atoms with Crippen molar-refractivity contribution >= 4 is 16.9 Å². The number of rotatable bonds is 9. The normalized spacial score (nSPS) is 10.9. The van der Waals surface area contributed by atoms with E-state index in [4.69, 9.17) is 14.6 Å². The Balaban J connectivity index is 2.21. The van der Waals surface area contributed by atoms with Crippen LogP contribution in [0, 0.1) is 5.82 Å². The van der Waals surface area contributed by atoms with Gasteiger partial charge in [-0.05, 0) is 36.2 Å². The smallest absolute Gasteiger partial charge is 0.323 e. The summed E-state index contributed by atoms with van der Waals surface area (Å²) < 4.78 is 27.0. The Morgan fingerprint density at radius 2 is 1.83 bits per heavy atom. The molecule has 0 radical (unpaired) electrons. The molecule has 30 heavy (non-hydrogen) atoms. The van der Waals surface area contributed by atoms with Crippen LogP contribution < -0.4 is 14.9 Å². The first-order chi connectivity index (χ1) is 14.5. The number of fused-ring (bicyclic) bond motifs is 1. The Labute approximate surface area is 171 Å². The Hall–Kier alpha value is -3.39. The van der Waals surface area contributed by atoms with E-state index in [9.17, 15) is 19.1 Å². The van der Waals surface area contributed by atoms with Crippen molar-refractivity contribution in [2.24, 2.45) is 0 Å². The van der Waals surface area contributed by atoms with E-state index < -0.39 is 23.8 Å². The van der Waals surface area contributed by atoms with Gasteiger partial charge in [0.25, 0.3) is 0 Å². The van der Waals surface area contributed by atoms with E-state index in [0.29, 0.717) is 24.3 Å². The fourth-order valence-corrected chi connectivity index (χ4v) is 3.16. The molecule has 0 amide bonds. The maximum absolute atomic E-state index is 14.7. The Morgan fingerprint density at radius 3 is 2.47 bits per heavy atom. The number of aromatic nitrogens is 1. The number of ether oxygens (including phenoxy) is 2. The fraction of sp³-hybridized carbons (Fsp3) is 0.273. The van der Waals surface area contributed by atoms with Gasteiger partial charge >= 0.3 is 5.97 Å². The number of benzene rings is 2. The van der Waals surface area contributed by atoms with Crippen molar-refractivity contribution < 1.29 is 28.9 Å². The summed E-state index contributed by atoms with van der Waals surface area (Å²) in [6.45, 7) is 1.79. The maximum Gasteiger partial charge on any atom is 0.323 e. The topological polar surface area (TPSA) is 98.0 Å². The fourth-order valence-electron chi connectivity index (χ4n) is 3.16. The minimum Gasteiger partial charge on any atom is -0.491 e. The number of hydrogen-bond acceptors (Lipinski definition) is 5. The Morgan fingerprint density at radius 1 is 1.10 bits per heavy atom. The molecule has 1 heterocycles. The summed E-state index contributed by atoms with van der Waals surface area (Å²) in [7, 11) is 0. The molecule has 7 nitrogen and oxygen atoms in total. The molecule has 3 aromatic rings. The molecule has 0 saturated carbocycles. The molecule has 0 unspecified atom stereocenters. The van der Waals surface area contributed by atoms with Crippen LogP contribution in [0.1, 0.15) is 13.3 Å². The standard InChI is InChI=1S/C22H22FNO6/c1-2-10-30-18-8-7-17(23)20-21(18)24(13-19(26)27)12-16(22(20)28)14-3-5-15(6-4-14)29-11-9-25/h3-8,12,25H,2,9-11,13H2,1H3,(H,26,27). The number of aliphatic hydroxyl groups is 1.